The topological polar surface area (TPSA) is 237 Å². The van der Waals surface area contributed by atoms with Crippen molar-refractivity contribution < 1.29 is 80.2 Å². The number of esters is 4. The molecule has 0 bridgehead atoms. The predicted octanol–water partition coefficient (Wildman–Crippen LogP) is 24.8. The standard InChI is InChI=1S/C83H162O17P2/c1-9-76(8)62-54-46-38-30-26-27-33-41-50-58-66-83(88)100-79(70-94-81(86)64-56-48-42-34-37-45-53-61-75(6)7)72-98-102(91,92)96-68-77(84)67-95-101(89,90)97-71-78(99-82(87)65-57-49-40-32-25-21-17-16-19-23-29-36-44-52-60-74(4)5)69-93-80(85)63-55-47-39-31-24-20-15-13-11-10-12-14-18-22-28-35-43-51-59-73(2)3/h73-79,84H,9-72H2,1-8H3,(H,89,90)(H,91,92)/t76?,77?,78-,79-/m1/s1. The van der Waals surface area contributed by atoms with Gasteiger partial charge in [-0.25, -0.2) is 9.13 Å². The van der Waals surface area contributed by atoms with Crippen molar-refractivity contribution in [1.29, 1.82) is 0 Å². The van der Waals surface area contributed by atoms with Crippen molar-refractivity contribution in [2.24, 2.45) is 23.7 Å². The molecule has 0 saturated carbocycles. The van der Waals surface area contributed by atoms with E-state index in [1.54, 1.807) is 0 Å². The van der Waals surface area contributed by atoms with Gasteiger partial charge in [0.15, 0.2) is 12.2 Å². The molecule has 0 aromatic carbocycles. The highest BCUT2D eigenvalue weighted by molar-refractivity contribution is 7.47. The zero-order valence-corrected chi connectivity index (χ0v) is 69.0. The van der Waals surface area contributed by atoms with E-state index >= 15 is 0 Å². The summed E-state index contributed by atoms with van der Waals surface area (Å²) in [5, 5.41) is 10.7. The molecule has 17 nitrogen and oxygen atoms in total. The second kappa shape index (κ2) is 72.0. The molecule has 4 unspecified atom stereocenters. The lowest BCUT2D eigenvalue weighted by atomic mass is 9.99. The summed E-state index contributed by atoms with van der Waals surface area (Å²) in [6.45, 7) is 14.3. The molecule has 0 amide bonds. The van der Waals surface area contributed by atoms with Crippen LogP contribution in [0.1, 0.15) is 428 Å². The van der Waals surface area contributed by atoms with Crippen LogP contribution in [0.3, 0.4) is 0 Å². The van der Waals surface area contributed by atoms with Gasteiger partial charge in [0.25, 0.3) is 0 Å². The van der Waals surface area contributed by atoms with Crippen molar-refractivity contribution >= 4 is 39.5 Å². The van der Waals surface area contributed by atoms with Gasteiger partial charge in [-0.15, -0.1) is 0 Å². The first-order chi connectivity index (χ1) is 49.1. The van der Waals surface area contributed by atoms with E-state index in [0.29, 0.717) is 31.6 Å². The third-order valence-corrected chi connectivity index (χ3v) is 21.6. The van der Waals surface area contributed by atoms with E-state index in [0.717, 1.165) is 114 Å². The Balaban J connectivity index is 5.22. The van der Waals surface area contributed by atoms with Gasteiger partial charge in [0, 0.05) is 25.7 Å². The molecular weight excluding hydrogens is 1330 g/mol. The van der Waals surface area contributed by atoms with E-state index in [9.17, 15) is 43.2 Å². The van der Waals surface area contributed by atoms with Crippen molar-refractivity contribution in [1.82, 2.24) is 0 Å². The van der Waals surface area contributed by atoms with Gasteiger partial charge in [0.05, 0.1) is 26.4 Å². The number of aliphatic hydroxyl groups excluding tert-OH is 1. The predicted molar refractivity (Wildman–Crippen MR) is 418 cm³/mol. The minimum absolute atomic E-state index is 0.105. The van der Waals surface area contributed by atoms with Gasteiger partial charge >= 0.3 is 39.5 Å². The molecule has 0 fully saturated rings. The third-order valence-electron chi connectivity index (χ3n) is 19.7. The van der Waals surface area contributed by atoms with Crippen LogP contribution in [0, 0.1) is 23.7 Å². The molecule has 0 aliphatic heterocycles. The number of phosphoric ester groups is 2. The Labute approximate surface area is 626 Å². The van der Waals surface area contributed by atoms with Crippen molar-refractivity contribution in [3.8, 4) is 0 Å². The lowest BCUT2D eigenvalue weighted by molar-refractivity contribution is -0.161. The van der Waals surface area contributed by atoms with Crippen LogP contribution in [-0.4, -0.2) is 96.7 Å². The number of ether oxygens (including phenoxy) is 4. The van der Waals surface area contributed by atoms with Gasteiger partial charge in [-0.3, -0.25) is 37.3 Å². The van der Waals surface area contributed by atoms with E-state index in [1.165, 1.54) is 225 Å². The molecule has 0 aromatic rings. The smallest absolute Gasteiger partial charge is 0.462 e. The first kappa shape index (κ1) is 100. The van der Waals surface area contributed by atoms with E-state index in [2.05, 4.69) is 55.4 Å². The number of phosphoric acid groups is 2. The fourth-order valence-corrected chi connectivity index (χ4v) is 14.3. The average molecular weight is 1490 g/mol. The zero-order valence-electron chi connectivity index (χ0n) is 67.2. The average Bonchev–Trinajstić information content (AvgIpc) is 0.914. The molecular formula is C83H162O17P2. The van der Waals surface area contributed by atoms with E-state index in [4.69, 9.17) is 37.0 Å². The molecule has 6 atom stereocenters. The summed E-state index contributed by atoms with van der Waals surface area (Å²) >= 11 is 0. The molecule has 102 heavy (non-hydrogen) atoms. The summed E-state index contributed by atoms with van der Waals surface area (Å²) in [5.74, 6) is 1.01. The number of hydrogen-bond donors (Lipinski definition) is 3. The Kier molecular flexibility index (Phi) is 70.6. The summed E-state index contributed by atoms with van der Waals surface area (Å²) < 4.78 is 68.8. The number of rotatable bonds is 80. The monoisotopic (exact) mass is 1490 g/mol. The maximum absolute atomic E-state index is 13.1. The Morgan fingerprint density at radius 3 is 0.696 bits per heavy atom. The van der Waals surface area contributed by atoms with Gasteiger partial charge in [0.1, 0.15) is 19.3 Å². The molecule has 0 saturated heterocycles. The quantitative estimate of drug-likeness (QED) is 0.0222. The molecule has 0 aliphatic rings. The van der Waals surface area contributed by atoms with Crippen LogP contribution in [-0.2, 0) is 65.4 Å². The summed E-state index contributed by atoms with van der Waals surface area (Å²) in [5.41, 5.74) is 0. The van der Waals surface area contributed by atoms with Crippen LogP contribution in [0.15, 0.2) is 0 Å². The van der Waals surface area contributed by atoms with Crippen LogP contribution in [0.25, 0.3) is 0 Å². The van der Waals surface area contributed by atoms with Crippen molar-refractivity contribution in [2.75, 3.05) is 39.6 Å². The largest absolute Gasteiger partial charge is 0.472 e. The van der Waals surface area contributed by atoms with Gasteiger partial charge in [-0.2, -0.15) is 0 Å². The van der Waals surface area contributed by atoms with Crippen LogP contribution in [0.2, 0.25) is 0 Å². The molecule has 19 heteroatoms. The highest BCUT2D eigenvalue weighted by Gasteiger charge is 2.30. The van der Waals surface area contributed by atoms with Crippen molar-refractivity contribution in [3.63, 3.8) is 0 Å². The van der Waals surface area contributed by atoms with Crippen LogP contribution < -0.4 is 0 Å². The normalized spacial score (nSPS) is 14.3. The Hall–Kier alpha value is -1.94. The molecule has 606 valence electrons. The first-order valence-corrected chi connectivity index (χ1v) is 45.7. The number of unbranched alkanes of at least 4 members (excludes halogenated alkanes) is 45. The Morgan fingerprint density at radius 2 is 0.471 bits per heavy atom. The molecule has 0 aromatic heterocycles. The summed E-state index contributed by atoms with van der Waals surface area (Å²) in [6.07, 6.45) is 59.8. The fraction of sp³-hybridized carbons (Fsp3) is 0.952. The molecule has 0 radical (unpaired) electrons. The lowest BCUT2D eigenvalue weighted by Gasteiger charge is -2.21. The van der Waals surface area contributed by atoms with E-state index in [1.807, 2.05) is 0 Å². The highest BCUT2D eigenvalue weighted by atomic mass is 31.2. The second-order valence-corrected chi connectivity index (χ2v) is 34.4. The molecule has 0 spiro atoms. The minimum atomic E-state index is -4.96. The van der Waals surface area contributed by atoms with Crippen molar-refractivity contribution in [2.45, 2.75) is 446 Å². The molecule has 0 aliphatic carbocycles. The van der Waals surface area contributed by atoms with Crippen molar-refractivity contribution in [3.05, 3.63) is 0 Å². The Bertz CT molecular complexity index is 1990. The van der Waals surface area contributed by atoms with Gasteiger partial charge < -0.3 is 33.8 Å². The van der Waals surface area contributed by atoms with Gasteiger partial charge in [-0.1, -0.05) is 376 Å². The maximum atomic E-state index is 13.1. The first-order valence-electron chi connectivity index (χ1n) is 42.7. The lowest BCUT2D eigenvalue weighted by Crippen LogP contribution is -2.30. The summed E-state index contributed by atoms with van der Waals surface area (Å²) in [7, 11) is -9.92. The molecule has 0 heterocycles. The van der Waals surface area contributed by atoms with Crippen LogP contribution in [0.4, 0.5) is 0 Å². The molecule has 0 rings (SSSR count). The summed E-state index contributed by atoms with van der Waals surface area (Å²) in [4.78, 5) is 73.1. The third kappa shape index (κ3) is 74.9. The second-order valence-electron chi connectivity index (χ2n) is 31.5. The van der Waals surface area contributed by atoms with Gasteiger partial charge in [-0.05, 0) is 49.4 Å². The minimum Gasteiger partial charge on any atom is -0.462 e. The summed E-state index contributed by atoms with van der Waals surface area (Å²) in [6, 6.07) is 0. The number of carbonyl (C=O) groups is 4. The van der Waals surface area contributed by atoms with Crippen LogP contribution >= 0.6 is 15.6 Å². The number of aliphatic hydroxyl groups is 1. The van der Waals surface area contributed by atoms with Gasteiger partial charge in [0.2, 0.25) is 0 Å². The number of carbonyl (C=O) groups excluding carboxylic acids is 4. The van der Waals surface area contributed by atoms with E-state index in [-0.39, 0.29) is 25.7 Å². The highest BCUT2D eigenvalue weighted by Crippen LogP contribution is 2.45. The SMILES string of the molecule is CCC(C)CCCCCCCCCCCCC(=O)O[C@H](COC(=O)CCCCCCCCCC(C)C)COP(=O)(O)OCC(O)COP(=O)(O)OC[C@@H](COC(=O)CCCCCCCCCCCCCCCCCCCCC(C)C)OC(=O)CCCCCCCCCCCCCCCCC(C)C. The fourth-order valence-electron chi connectivity index (χ4n) is 12.8. The molecule has 3 N–H and O–H groups in total. The van der Waals surface area contributed by atoms with E-state index < -0.39 is 97.5 Å². The maximum Gasteiger partial charge on any atom is 0.472 e. The van der Waals surface area contributed by atoms with Crippen LogP contribution in [0.5, 0.6) is 0 Å². The zero-order chi connectivity index (χ0) is 75.3. The number of hydrogen-bond acceptors (Lipinski definition) is 15. The Morgan fingerprint density at radius 1 is 0.275 bits per heavy atom.